The van der Waals surface area contributed by atoms with Gasteiger partial charge in [-0.1, -0.05) is 30.3 Å². The molecule has 0 bridgehead atoms. The molecule has 5 heteroatoms. The zero-order chi connectivity index (χ0) is 19.1. The predicted octanol–water partition coefficient (Wildman–Crippen LogP) is 5.75. The van der Waals surface area contributed by atoms with Gasteiger partial charge in [0, 0.05) is 10.8 Å². The molecule has 5 rings (SSSR count). The lowest BCUT2D eigenvalue weighted by atomic mass is 10.0. The van der Waals surface area contributed by atoms with Gasteiger partial charge < -0.3 is 14.3 Å². The number of aromatic amines is 1. The quantitative estimate of drug-likeness (QED) is 0.423. The summed E-state index contributed by atoms with van der Waals surface area (Å²) < 4.78 is 11.5. The molecule has 5 aromatic rings. The summed E-state index contributed by atoms with van der Waals surface area (Å²) in [6.45, 7) is 2.39. The second kappa shape index (κ2) is 6.46. The first-order valence-corrected chi connectivity index (χ1v) is 9.16. The number of phenolic OH excluding ortho intramolecular Hbond substituents is 1. The van der Waals surface area contributed by atoms with E-state index >= 15 is 0 Å². The van der Waals surface area contributed by atoms with Crippen molar-refractivity contribution in [3.8, 4) is 34.1 Å². The number of rotatable bonds is 4. The third kappa shape index (κ3) is 2.68. The van der Waals surface area contributed by atoms with Crippen LogP contribution >= 0.6 is 0 Å². The molecule has 0 spiro atoms. The van der Waals surface area contributed by atoms with Gasteiger partial charge in [0.05, 0.1) is 12.1 Å². The number of para-hydroxylation sites is 1. The number of ether oxygens (including phenoxy) is 1. The molecule has 0 radical (unpaired) electrons. The van der Waals surface area contributed by atoms with E-state index in [0.717, 1.165) is 44.5 Å². The second-order valence-corrected chi connectivity index (χ2v) is 6.60. The third-order valence-corrected chi connectivity index (χ3v) is 4.81. The minimum Gasteiger partial charge on any atom is -0.504 e. The van der Waals surface area contributed by atoms with Gasteiger partial charge in [0.15, 0.2) is 17.3 Å². The average molecular weight is 370 g/mol. The first-order valence-electron chi connectivity index (χ1n) is 9.16. The van der Waals surface area contributed by atoms with Gasteiger partial charge in [-0.15, -0.1) is 0 Å². The Hall–Kier alpha value is -3.73. The molecule has 5 nitrogen and oxygen atoms in total. The maximum absolute atomic E-state index is 9.92. The van der Waals surface area contributed by atoms with Crippen molar-refractivity contribution in [3.05, 3.63) is 66.7 Å². The SMILES string of the molecule is CCOc1cc(-c2ccc3c(-c4cc5ccccc5o4)n[nH]c3c2)ccc1O. The lowest BCUT2D eigenvalue weighted by molar-refractivity contribution is 0.318. The fourth-order valence-electron chi connectivity index (χ4n) is 3.45. The average Bonchev–Trinajstić information content (AvgIpc) is 3.32. The van der Waals surface area contributed by atoms with Gasteiger partial charge >= 0.3 is 0 Å². The Morgan fingerprint density at radius 2 is 1.82 bits per heavy atom. The van der Waals surface area contributed by atoms with Crippen molar-refractivity contribution in [2.75, 3.05) is 6.61 Å². The Labute approximate surface area is 161 Å². The number of aromatic hydroxyl groups is 1. The van der Waals surface area contributed by atoms with Gasteiger partial charge in [0.25, 0.3) is 0 Å². The third-order valence-electron chi connectivity index (χ3n) is 4.81. The number of aromatic nitrogens is 2. The van der Waals surface area contributed by atoms with Gasteiger partial charge in [-0.3, -0.25) is 5.10 Å². The number of nitrogens with zero attached hydrogens (tertiary/aromatic N) is 1. The van der Waals surface area contributed by atoms with Crippen molar-refractivity contribution in [2.45, 2.75) is 6.92 Å². The van der Waals surface area contributed by atoms with Gasteiger partial charge in [-0.25, -0.2) is 0 Å². The van der Waals surface area contributed by atoms with Crippen LogP contribution in [0.15, 0.2) is 71.1 Å². The molecule has 138 valence electrons. The first kappa shape index (κ1) is 16.4. The summed E-state index contributed by atoms with van der Waals surface area (Å²) >= 11 is 0. The minimum absolute atomic E-state index is 0.139. The number of fused-ring (bicyclic) bond motifs is 2. The zero-order valence-electron chi connectivity index (χ0n) is 15.3. The van der Waals surface area contributed by atoms with Crippen molar-refractivity contribution in [1.29, 1.82) is 0 Å². The van der Waals surface area contributed by atoms with E-state index in [1.165, 1.54) is 0 Å². The molecule has 0 fully saturated rings. The normalized spacial score (nSPS) is 11.3. The number of H-pyrrole nitrogens is 1. The summed E-state index contributed by atoms with van der Waals surface area (Å²) in [6.07, 6.45) is 0. The van der Waals surface area contributed by atoms with Crippen LogP contribution in [0, 0.1) is 0 Å². The summed E-state index contributed by atoms with van der Waals surface area (Å²) in [5, 5.41) is 19.5. The van der Waals surface area contributed by atoms with Crippen LogP contribution in [0.4, 0.5) is 0 Å². The van der Waals surface area contributed by atoms with Gasteiger partial charge in [0.1, 0.15) is 11.3 Å². The van der Waals surface area contributed by atoms with Crippen molar-refractivity contribution in [2.24, 2.45) is 0 Å². The Bertz CT molecular complexity index is 1270. The maximum Gasteiger partial charge on any atom is 0.161 e. The highest BCUT2D eigenvalue weighted by atomic mass is 16.5. The van der Waals surface area contributed by atoms with Crippen molar-refractivity contribution in [1.82, 2.24) is 10.2 Å². The van der Waals surface area contributed by atoms with Crippen molar-refractivity contribution in [3.63, 3.8) is 0 Å². The molecule has 3 aromatic carbocycles. The molecule has 0 atom stereocenters. The number of hydrogen-bond donors (Lipinski definition) is 2. The molecule has 0 amide bonds. The molecule has 2 N–H and O–H groups in total. The van der Waals surface area contributed by atoms with E-state index < -0.39 is 0 Å². The van der Waals surface area contributed by atoms with E-state index in [1.54, 1.807) is 6.07 Å². The molecule has 2 heterocycles. The van der Waals surface area contributed by atoms with Crippen LogP contribution in [0.3, 0.4) is 0 Å². The summed E-state index contributed by atoms with van der Waals surface area (Å²) in [7, 11) is 0. The highest BCUT2D eigenvalue weighted by Crippen LogP contribution is 2.35. The summed E-state index contributed by atoms with van der Waals surface area (Å²) in [5.74, 6) is 1.36. The van der Waals surface area contributed by atoms with Crippen LogP contribution in [0.25, 0.3) is 44.5 Å². The fraction of sp³-hybridized carbons (Fsp3) is 0.0870. The van der Waals surface area contributed by atoms with Crippen LogP contribution in [0.5, 0.6) is 11.5 Å². The van der Waals surface area contributed by atoms with Gasteiger partial charge in [0.2, 0.25) is 0 Å². The molecule has 2 aromatic heterocycles. The van der Waals surface area contributed by atoms with E-state index in [1.807, 2.05) is 67.6 Å². The molecule has 28 heavy (non-hydrogen) atoms. The first-order chi connectivity index (χ1) is 13.7. The van der Waals surface area contributed by atoms with Gasteiger partial charge in [-0.05, 0) is 54.4 Å². The Morgan fingerprint density at radius 1 is 1.00 bits per heavy atom. The number of benzene rings is 3. The smallest absolute Gasteiger partial charge is 0.161 e. The van der Waals surface area contributed by atoms with Crippen molar-refractivity contribution >= 4 is 21.9 Å². The highest BCUT2D eigenvalue weighted by Gasteiger charge is 2.14. The van der Waals surface area contributed by atoms with E-state index in [2.05, 4.69) is 10.2 Å². The maximum atomic E-state index is 9.92. The van der Waals surface area contributed by atoms with Crippen LogP contribution in [-0.4, -0.2) is 21.9 Å². The fourth-order valence-corrected chi connectivity index (χ4v) is 3.45. The predicted molar refractivity (Wildman–Crippen MR) is 110 cm³/mol. The van der Waals surface area contributed by atoms with Gasteiger partial charge in [-0.2, -0.15) is 5.10 Å². The van der Waals surface area contributed by atoms with Crippen LogP contribution in [0.1, 0.15) is 6.92 Å². The van der Waals surface area contributed by atoms with Crippen molar-refractivity contribution < 1.29 is 14.3 Å². The number of hydrogen-bond acceptors (Lipinski definition) is 4. The van der Waals surface area contributed by atoms with Crippen LogP contribution in [-0.2, 0) is 0 Å². The Morgan fingerprint density at radius 3 is 2.68 bits per heavy atom. The summed E-state index contributed by atoms with van der Waals surface area (Å²) in [5.41, 5.74) is 4.52. The molecule has 0 aliphatic rings. The lowest BCUT2D eigenvalue weighted by Gasteiger charge is -2.08. The summed E-state index contributed by atoms with van der Waals surface area (Å²) in [6, 6.07) is 21.4. The standard InChI is InChI=1S/C23H18N2O3/c1-2-27-21-12-15(8-10-19(21)26)14-7-9-17-18(11-14)24-25-23(17)22-13-16-5-3-4-6-20(16)28-22/h3-13,26H,2H2,1H3,(H,24,25). The molecular formula is C23H18N2O3. The number of phenols is 1. The van der Waals surface area contributed by atoms with E-state index in [9.17, 15) is 5.11 Å². The number of furan rings is 1. The molecular weight excluding hydrogens is 352 g/mol. The molecule has 0 unspecified atom stereocenters. The molecule has 0 aliphatic heterocycles. The Balaban J connectivity index is 1.57. The topological polar surface area (TPSA) is 71.3 Å². The van der Waals surface area contributed by atoms with Crippen LogP contribution < -0.4 is 4.74 Å². The monoisotopic (exact) mass is 370 g/mol. The van der Waals surface area contributed by atoms with Crippen LogP contribution in [0.2, 0.25) is 0 Å². The van der Waals surface area contributed by atoms with E-state index in [-0.39, 0.29) is 5.75 Å². The number of nitrogens with one attached hydrogen (secondary N) is 1. The largest absolute Gasteiger partial charge is 0.504 e. The second-order valence-electron chi connectivity index (χ2n) is 6.60. The lowest BCUT2D eigenvalue weighted by Crippen LogP contribution is -1.92. The minimum atomic E-state index is 0.139. The molecule has 0 saturated heterocycles. The zero-order valence-corrected chi connectivity index (χ0v) is 15.3. The Kier molecular flexibility index (Phi) is 3.79. The molecule has 0 saturated carbocycles. The highest BCUT2D eigenvalue weighted by molar-refractivity contribution is 5.96. The summed E-state index contributed by atoms with van der Waals surface area (Å²) in [4.78, 5) is 0. The van der Waals surface area contributed by atoms with E-state index in [0.29, 0.717) is 12.4 Å². The van der Waals surface area contributed by atoms with E-state index in [4.69, 9.17) is 9.15 Å². The molecule has 0 aliphatic carbocycles.